The Morgan fingerprint density at radius 3 is 2.57 bits per heavy atom. The number of nitrogens with zero attached hydrogens (tertiary/aromatic N) is 2. The van der Waals surface area contributed by atoms with Gasteiger partial charge in [0.25, 0.3) is 5.91 Å². The second-order valence-electron chi connectivity index (χ2n) is 6.95. The van der Waals surface area contributed by atoms with Gasteiger partial charge in [0.2, 0.25) is 10.0 Å². The van der Waals surface area contributed by atoms with Gasteiger partial charge in [0.05, 0.1) is 11.9 Å². The molecule has 2 unspecified atom stereocenters. The quantitative estimate of drug-likeness (QED) is 0.847. The molecule has 0 spiro atoms. The van der Waals surface area contributed by atoms with Crippen LogP contribution in [0, 0.1) is 5.92 Å². The monoisotopic (exact) mass is 336 g/mol. The first kappa shape index (κ1) is 16.3. The predicted octanol–water partition coefficient (Wildman–Crippen LogP) is 2.27. The number of hydrogen-bond acceptors (Lipinski definition) is 3. The third-order valence-corrected chi connectivity index (χ3v) is 6.34. The maximum absolute atomic E-state index is 12.7. The third kappa shape index (κ3) is 2.96. The van der Waals surface area contributed by atoms with Crippen molar-refractivity contribution in [1.82, 2.24) is 4.90 Å². The van der Waals surface area contributed by atoms with Crippen LogP contribution in [0.25, 0.3) is 0 Å². The highest BCUT2D eigenvalue weighted by Gasteiger charge is 2.35. The molecule has 1 fully saturated rings. The number of amides is 1. The van der Waals surface area contributed by atoms with Crippen molar-refractivity contribution in [2.75, 3.05) is 17.6 Å². The SMILES string of the molecule is CC(C1CC1)N(C)C(=O)c1ccc2c(c1)CC(C)N2S(C)(=O)=O. The molecule has 0 bridgehead atoms. The van der Waals surface area contributed by atoms with Crippen molar-refractivity contribution < 1.29 is 13.2 Å². The van der Waals surface area contributed by atoms with Crippen LogP contribution in [0.5, 0.6) is 0 Å². The molecule has 0 radical (unpaired) electrons. The molecule has 3 rings (SSSR count). The second kappa shape index (κ2) is 5.51. The zero-order valence-electron chi connectivity index (χ0n) is 14.1. The first-order chi connectivity index (χ1) is 10.7. The van der Waals surface area contributed by atoms with Crippen LogP contribution in [0.4, 0.5) is 5.69 Å². The van der Waals surface area contributed by atoms with Crippen LogP contribution in [0.1, 0.15) is 42.6 Å². The van der Waals surface area contributed by atoms with E-state index in [1.807, 2.05) is 24.9 Å². The van der Waals surface area contributed by atoms with Gasteiger partial charge in [-0.25, -0.2) is 8.42 Å². The van der Waals surface area contributed by atoms with Crippen molar-refractivity contribution in [2.45, 2.75) is 45.2 Å². The Morgan fingerprint density at radius 2 is 2.00 bits per heavy atom. The number of carbonyl (C=O) groups is 1. The van der Waals surface area contributed by atoms with Crippen LogP contribution >= 0.6 is 0 Å². The fraction of sp³-hybridized carbons (Fsp3) is 0.588. The zero-order chi connectivity index (χ0) is 16.9. The molecule has 2 atom stereocenters. The fourth-order valence-corrected chi connectivity index (χ4v) is 4.79. The van der Waals surface area contributed by atoms with Crippen LogP contribution in [0.15, 0.2) is 18.2 Å². The first-order valence-electron chi connectivity index (χ1n) is 8.09. The van der Waals surface area contributed by atoms with Crippen LogP contribution in [0.2, 0.25) is 0 Å². The van der Waals surface area contributed by atoms with E-state index < -0.39 is 10.0 Å². The van der Waals surface area contributed by atoms with E-state index in [9.17, 15) is 13.2 Å². The number of rotatable bonds is 4. The number of sulfonamides is 1. The van der Waals surface area contributed by atoms with Gasteiger partial charge in [-0.2, -0.15) is 0 Å². The summed E-state index contributed by atoms with van der Waals surface area (Å²) < 4.78 is 25.4. The molecule has 1 aliphatic carbocycles. The molecular weight excluding hydrogens is 312 g/mol. The lowest BCUT2D eigenvalue weighted by Gasteiger charge is -2.25. The number of hydrogen-bond donors (Lipinski definition) is 0. The first-order valence-corrected chi connectivity index (χ1v) is 9.94. The molecule has 0 N–H and O–H groups in total. The summed E-state index contributed by atoms with van der Waals surface area (Å²) in [6.07, 6.45) is 4.27. The highest BCUT2D eigenvalue weighted by atomic mass is 32.2. The van der Waals surface area contributed by atoms with Crippen LogP contribution < -0.4 is 4.31 Å². The van der Waals surface area contributed by atoms with E-state index in [4.69, 9.17) is 0 Å². The lowest BCUT2D eigenvalue weighted by Crippen LogP contribution is -2.36. The van der Waals surface area contributed by atoms with Gasteiger partial charge < -0.3 is 4.90 Å². The molecule has 23 heavy (non-hydrogen) atoms. The van der Waals surface area contributed by atoms with E-state index in [0.29, 0.717) is 23.6 Å². The van der Waals surface area contributed by atoms with Gasteiger partial charge in [0.1, 0.15) is 0 Å². The Morgan fingerprint density at radius 1 is 1.35 bits per heavy atom. The molecule has 1 aromatic carbocycles. The lowest BCUT2D eigenvalue weighted by atomic mass is 10.1. The van der Waals surface area contributed by atoms with Crippen molar-refractivity contribution in [2.24, 2.45) is 5.92 Å². The molecule has 1 amide bonds. The van der Waals surface area contributed by atoms with Crippen molar-refractivity contribution >= 4 is 21.6 Å². The molecular formula is C17H24N2O3S. The van der Waals surface area contributed by atoms with E-state index >= 15 is 0 Å². The largest absolute Gasteiger partial charge is 0.339 e. The van der Waals surface area contributed by atoms with E-state index in [1.54, 1.807) is 12.1 Å². The lowest BCUT2D eigenvalue weighted by molar-refractivity contribution is 0.0727. The van der Waals surface area contributed by atoms with Gasteiger partial charge >= 0.3 is 0 Å². The number of carbonyl (C=O) groups excluding carboxylic acids is 1. The number of anilines is 1. The maximum atomic E-state index is 12.7. The minimum absolute atomic E-state index is 0.0117. The number of benzene rings is 1. The molecule has 1 saturated carbocycles. The summed E-state index contributed by atoms with van der Waals surface area (Å²) in [6.45, 7) is 3.99. The summed E-state index contributed by atoms with van der Waals surface area (Å²) in [5.74, 6) is 0.636. The smallest absolute Gasteiger partial charge is 0.253 e. The Balaban J connectivity index is 1.87. The molecule has 0 aromatic heterocycles. The summed E-state index contributed by atoms with van der Waals surface area (Å²) in [5.41, 5.74) is 2.27. The Labute approximate surface area is 138 Å². The standard InChI is InChI=1S/C17H24N2O3S/c1-11-9-15-10-14(7-8-16(15)19(11)23(4,21)22)17(20)18(3)12(2)13-5-6-13/h7-8,10-13H,5-6,9H2,1-4H3. The van der Waals surface area contributed by atoms with Crippen molar-refractivity contribution in [3.8, 4) is 0 Å². The normalized spacial score (nSPS) is 21.9. The highest BCUT2D eigenvalue weighted by molar-refractivity contribution is 7.92. The Hall–Kier alpha value is -1.56. The van der Waals surface area contributed by atoms with Crippen molar-refractivity contribution in [3.63, 3.8) is 0 Å². The summed E-state index contributed by atoms with van der Waals surface area (Å²) in [4.78, 5) is 14.5. The summed E-state index contributed by atoms with van der Waals surface area (Å²) >= 11 is 0. The highest BCUT2D eigenvalue weighted by Crippen LogP contribution is 2.37. The van der Waals surface area contributed by atoms with Gasteiger partial charge in [-0.3, -0.25) is 9.10 Å². The fourth-order valence-electron chi connectivity index (χ4n) is 3.52. The molecule has 1 aliphatic heterocycles. The second-order valence-corrected chi connectivity index (χ2v) is 8.81. The molecule has 126 valence electrons. The zero-order valence-corrected chi connectivity index (χ0v) is 14.9. The molecule has 6 heteroatoms. The van der Waals surface area contributed by atoms with E-state index in [1.165, 1.54) is 23.4 Å². The van der Waals surface area contributed by atoms with Crippen LogP contribution in [-0.4, -0.2) is 44.6 Å². The van der Waals surface area contributed by atoms with Gasteiger partial charge in [-0.1, -0.05) is 0 Å². The summed E-state index contributed by atoms with van der Waals surface area (Å²) in [7, 11) is -1.44. The third-order valence-electron chi connectivity index (χ3n) is 5.07. The van der Waals surface area contributed by atoms with E-state index in [2.05, 4.69) is 6.92 Å². The predicted molar refractivity (Wildman–Crippen MR) is 91.2 cm³/mol. The Bertz CT molecular complexity index is 740. The maximum Gasteiger partial charge on any atom is 0.253 e. The van der Waals surface area contributed by atoms with Gasteiger partial charge in [0, 0.05) is 24.7 Å². The van der Waals surface area contributed by atoms with E-state index in [0.717, 1.165) is 5.56 Å². The van der Waals surface area contributed by atoms with Gasteiger partial charge in [0.15, 0.2) is 0 Å². The molecule has 0 saturated heterocycles. The van der Waals surface area contributed by atoms with Crippen LogP contribution in [0.3, 0.4) is 0 Å². The average molecular weight is 336 g/mol. The average Bonchev–Trinajstić information content (AvgIpc) is 3.25. The minimum Gasteiger partial charge on any atom is -0.339 e. The summed E-state index contributed by atoms with van der Waals surface area (Å²) in [5, 5.41) is 0. The molecule has 2 aliphatic rings. The Kier molecular flexibility index (Phi) is 3.91. The van der Waals surface area contributed by atoms with Gasteiger partial charge in [-0.15, -0.1) is 0 Å². The van der Waals surface area contributed by atoms with E-state index in [-0.39, 0.29) is 18.0 Å². The molecule has 1 heterocycles. The van der Waals surface area contributed by atoms with Crippen molar-refractivity contribution in [1.29, 1.82) is 0 Å². The number of fused-ring (bicyclic) bond motifs is 1. The molecule has 1 aromatic rings. The minimum atomic E-state index is -3.29. The van der Waals surface area contributed by atoms with Crippen LogP contribution in [-0.2, 0) is 16.4 Å². The topological polar surface area (TPSA) is 57.7 Å². The van der Waals surface area contributed by atoms with Crippen molar-refractivity contribution in [3.05, 3.63) is 29.3 Å². The van der Waals surface area contributed by atoms with Gasteiger partial charge in [-0.05, 0) is 62.8 Å². The molecule has 5 nitrogen and oxygen atoms in total. The summed E-state index contributed by atoms with van der Waals surface area (Å²) in [6, 6.07) is 5.52.